The highest BCUT2D eigenvalue weighted by atomic mass is 35.5. The molecule has 0 saturated carbocycles. The number of phenols is 2. The maximum absolute atomic E-state index is 12.8. The van der Waals surface area contributed by atoms with Gasteiger partial charge in [-0.05, 0) is 46.7 Å². The van der Waals surface area contributed by atoms with Crippen LogP contribution in [0.25, 0.3) is 5.82 Å². The average Bonchev–Trinajstić information content (AvgIpc) is 3.40. The molecule has 0 bridgehead atoms. The number of phenolic OH excluding ortho intramolecular Hbond substituents is 2. The van der Waals surface area contributed by atoms with Crippen LogP contribution in [0.1, 0.15) is 21.7 Å². The molecule has 2 aromatic carbocycles. The molecule has 0 fully saturated rings. The number of benzene rings is 2. The number of hydrazone groups is 1. The first kappa shape index (κ1) is 22.1. The lowest BCUT2D eigenvalue weighted by Crippen LogP contribution is -2.20. The Morgan fingerprint density at radius 2 is 2.03 bits per heavy atom. The minimum absolute atomic E-state index is 0.0223. The van der Waals surface area contributed by atoms with Crippen molar-refractivity contribution in [3.63, 3.8) is 0 Å². The summed E-state index contributed by atoms with van der Waals surface area (Å²) >= 11 is 7.34. The Kier molecular flexibility index (Phi) is 6.42. The first-order chi connectivity index (χ1) is 15.9. The zero-order chi connectivity index (χ0) is 23.4. The predicted octanol–water partition coefficient (Wildman–Crippen LogP) is 2.35. The number of thioether (sulfide) groups is 1. The number of hydrogen-bond acceptors (Lipinski definition) is 11. The molecule has 168 valence electrons. The molecule has 0 unspecified atom stereocenters. The minimum Gasteiger partial charge on any atom is -0.508 e. The molecule has 0 aliphatic rings. The third-order valence-electron chi connectivity index (χ3n) is 4.25. The van der Waals surface area contributed by atoms with E-state index in [4.69, 9.17) is 17.3 Å². The van der Waals surface area contributed by atoms with Gasteiger partial charge in [-0.2, -0.15) is 9.78 Å². The van der Waals surface area contributed by atoms with Crippen LogP contribution in [0.15, 0.2) is 57.1 Å². The predicted molar refractivity (Wildman–Crippen MR) is 119 cm³/mol. The van der Waals surface area contributed by atoms with Gasteiger partial charge in [-0.3, -0.25) is 4.79 Å². The van der Waals surface area contributed by atoms with E-state index in [-0.39, 0.29) is 40.1 Å². The lowest BCUT2D eigenvalue weighted by atomic mass is 10.2. The van der Waals surface area contributed by atoms with Crippen molar-refractivity contribution >= 4 is 41.3 Å². The van der Waals surface area contributed by atoms with Crippen LogP contribution < -0.4 is 11.2 Å². The fraction of sp³-hybridized carbons (Fsp3) is 0.0526. The van der Waals surface area contributed by atoms with E-state index in [1.54, 1.807) is 12.1 Å². The lowest BCUT2D eigenvalue weighted by molar-refractivity contribution is 0.0949. The minimum atomic E-state index is -0.655. The summed E-state index contributed by atoms with van der Waals surface area (Å²) in [4.78, 5) is 13.7. The van der Waals surface area contributed by atoms with E-state index >= 15 is 0 Å². The summed E-state index contributed by atoms with van der Waals surface area (Å²) in [5.74, 6) is -0.622. The molecule has 1 amide bonds. The van der Waals surface area contributed by atoms with Gasteiger partial charge in [0.25, 0.3) is 5.91 Å². The van der Waals surface area contributed by atoms with Gasteiger partial charge in [0, 0.05) is 27.3 Å². The molecule has 14 heteroatoms. The number of carbonyl (C=O) groups excluding carboxylic acids is 1. The van der Waals surface area contributed by atoms with E-state index in [9.17, 15) is 15.0 Å². The van der Waals surface area contributed by atoms with Gasteiger partial charge in [0.1, 0.15) is 11.5 Å². The van der Waals surface area contributed by atoms with Crippen molar-refractivity contribution in [1.82, 2.24) is 30.7 Å². The summed E-state index contributed by atoms with van der Waals surface area (Å²) in [7, 11) is 0. The molecular weight excluding hydrogens is 472 g/mol. The van der Waals surface area contributed by atoms with Crippen molar-refractivity contribution in [3.8, 4) is 17.3 Å². The standard InChI is InChI=1S/C19H15ClN8O4S/c20-11-2-5-13(6-3-11)33-9-14-16(23-27-28(14)18-17(21)25-32-26-18)19(31)24-22-8-10-1-4-12(29)7-15(10)30/h1-8,29-30H,9H2,(H2,21,25)(H,24,31)/b22-8+. The summed E-state index contributed by atoms with van der Waals surface area (Å²) in [5.41, 5.74) is 8.75. The average molecular weight is 487 g/mol. The molecular formula is C19H15ClN8O4S. The molecule has 33 heavy (non-hydrogen) atoms. The number of rotatable bonds is 7. The molecule has 0 aliphatic carbocycles. The Bertz CT molecular complexity index is 1320. The first-order valence-corrected chi connectivity index (χ1v) is 10.6. The van der Waals surface area contributed by atoms with E-state index in [1.807, 2.05) is 12.1 Å². The SMILES string of the molecule is Nc1nonc1-n1nnc(C(=O)N/N=C/c2ccc(O)cc2O)c1CSc1ccc(Cl)cc1. The monoisotopic (exact) mass is 486 g/mol. The number of nitrogens with zero attached hydrogens (tertiary/aromatic N) is 6. The third-order valence-corrected chi connectivity index (χ3v) is 5.52. The molecule has 0 atom stereocenters. The second-order valence-electron chi connectivity index (χ2n) is 6.45. The van der Waals surface area contributed by atoms with Crippen molar-refractivity contribution in [2.75, 3.05) is 5.73 Å². The summed E-state index contributed by atoms with van der Waals surface area (Å²) in [6.45, 7) is 0. The highest BCUT2D eigenvalue weighted by molar-refractivity contribution is 7.98. The van der Waals surface area contributed by atoms with E-state index in [0.717, 1.165) is 11.0 Å². The molecule has 4 aromatic rings. The van der Waals surface area contributed by atoms with Crippen molar-refractivity contribution < 1.29 is 19.6 Å². The van der Waals surface area contributed by atoms with E-state index < -0.39 is 5.91 Å². The maximum Gasteiger partial charge on any atom is 0.293 e. The van der Waals surface area contributed by atoms with Crippen molar-refractivity contribution in [1.29, 1.82) is 0 Å². The summed E-state index contributed by atoms with van der Waals surface area (Å²) in [5, 5.41) is 38.8. The van der Waals surface area contributed by atoms with Gasteiger partial charge in [0.2, 0.25) is 11.6 Å². The van der Waals surface area contributed by atoms with Crippen LogP contribution in [-0.2, 0) is 5.75 Å². The quantitative estimate of drug-likeness (QED) is 0.172. The van der Waals surface area contributed by atoms with Crippen LogP contribution in [0.4, 0.5) is 5.82 Å². The fourth-order valence-corrected chi connectivity index (χ4v) is 3.67. The van der Waals surface area contributed by atoms with Crippen molar-refractivity contribution in [2.24, 2.45) is 5.10 Å². The number of nitrogen functional groups attached to an aromatic ring is 1. The largest absolute Gasteiger partial charge is 0.508 e. The van der Waals surface area contributed by atoms with Gasteiger partial charge in [-0.1, -0.05) is 16.8 Å². The van der Waals surface area contributed by atoms with Crippen LogP contribution >= 0.6 is 23.4 Å². The van der Waals surface area contributed by atoms with E-state index in [2.05, 4.69) is 35.8 Å². The normalized spacial score (nSPS) is 11.2. The molecule has 0 saturated heterocycles. The Balaban J connectivity index is 1.57. The topological polar surface area (TPSA) is 178 Å². The summed E-state index contributed by atoms with van der Waals surface area (Å²) in [6, 6.07) is 11.1. The van der Waals surface area contributed by atoms with Gasteiger partial charge in [-0.15, -0.1) is 16.9 Å². The molecule has 0 spiro atoms. The number of aromatic nitrogens is 5. The molecule has 2 aromatic heterocycles. The highest BCUT2D eigenvalue weighted by Crippen LogP contribution is 2.27. The molecule has 2 heterocycles. The van der Waals surface area contributed by atoms with Crippen molar-refractivity contribution in [3.05, 3.63) is 64.4 Å². The molecule has 5 N–H and O–H groups in total. The number of amides is 1. The van der Waals surface area contributed by atoms with Gasteiger partial charge in [0.05, 0.1) is 11.9 Å². The number of anilines is 1. The number of nitrogens with one attached hydrogen (secondary N) is 1. The second-order valence-corrected chi connectivity index (χ2v) is 7.94. The smallest absolute Gasteiger partial charge is 0.293 e. The van der Waals surface area contributed by atoms with Crippen LogP contribution in [0.3, 0.4) is 0 Å². The molecule has 0 aliphatic heterocycles. The second kappa shape index (κ2) is 9.58. The Morgan fingerprint density at radius 1 is 1.24 bits per heavy atom. The Hall–Kier alpha value is -4.10. The van der Waals surface area contributed by atoms with E-state index in [1.165, 1.54) is 34.8 Å². The number of halogens is 1. The zero-order valence-corrected chi connectivity index (χ0v) is 18.2. The fourth-order valence-electron chi connectivity index (χ4n) is 2.65. The van der Waals surface area contributed by atoms with E-state index in [0.29, 0.717) is 10.7 Å². The van der Waals surface area contributed by atoms with Gasteiger partial charge in [0.15, 0.2) is 5.69 Å². The van der Waals surface area contributed by atoms with Crippen LogP contribution in [0.5, 0.6) is 11.5 Å². The highest BCUT2D eigenvalue weighted by Gasteiger charge is 2.24. The van der Waals surface area contributed by atoms with Crippen molar-refractivity contribution in [2.45, 2.75) is 10.6 Å². The molecule has 12 nitrogen and oxygen atoms in total. The zero-order valence-electron chi connectivity index (χ0n) is 16.6. The van der Waals surface area contributed by atoms with Gasteiger partial charge < -0.3 is 15.9 Å². The number of carbonyl (C=O) groups is 1. The third kappa shape index (κ3) is 5.05. The lowest BCUT2D eigenvalue weighted by Gasteiger charge is -2.06. The number of nitrogens with two attached hydrogens (primary N) is 1. The maximum atomic E-state index is 12.8. The van der Waals surface area contributed by atoms with Crippen LogP contribution in [0, 0.1) is 0 Å². The summed E-state index contributed by atoms with van der Waals surface area (Å²) < 4.78 is 5.90. The Morgan fingerprint density at radius 3 is 2.73 bits per heavy atom. The molecule has 4 rings (SSSR count). The summed E-state index contributed by atoms with van der Waals surface area (Å²) in [6.07, 6.45) is 1.22. The number of aromatic hydroxyl groups is 2. The number of hydrogen-bond donors (Lipinski definition) is 4. The van der Waals surface area contributed by atoms with Crippen LogP contribution in [-0.4, -0.2) is 47.6 Å². The molecule has 0 radical (unpaired) electrons. The Labute approximate surface area is 195 Å². The first-order valence-electron chi connectivity index (χ1n) is 9.19. The van der Waals surface area contributed by atoms with Crippen LogP contribution in [0.2, 0.25) is 5.02 Å². The van der Waals surface area contributed by atoms with Gasteiger partial charge >= 0.3 is 0 Å². The van der Waals surface area contributed by atoms with Gasteiger partial charge in [-0.25, -0.2) is 10.1 Å².